The van der Waals surface area contributed by atoms with Gasteiger partial charge in [-0.15, -0.1) is 21.5 Å². The highest BCUT2D eigenvalue weighted by Crippen LogP contribution is 2.14. The minimum absolute atomic E-state index is 0.197. The summed E-state index contributed by atoms with van der Waals surface area (Å²) in [6.07, 6.45) is 0.218. The van der Waals surface area contributed by atoms with Gasteiger partial charge < -0.3 is 5.11 Å². The summed E-state index contributed by atoms with van der Waals surface area (Å²) < 4.78 is 1.27. The Morgan fingerprint density at radius 3 is 2.95 bits per heavy atom. The second-order valence-electron chi connectivity index (χ2n) is 4.65. The minimum atomic E-state index is -0.975. The minimum Gasteiger partial charge on any atom is -0.481 e. The van der Waals surface area contributed by atoms with Crippen molar-refractivity contribution in [3.8, 4) is 0 Å². The highest BCUT2D eigenvalue weighted by atomic mass is 32.1. The molecule has 7 nitrogen and oxygen atoms in total. The quantitative estimate of drug-likeness (QED) is 0.749. The number of aliphatic carboxylic acids is 1. The molecule has 0 spiro atoms. The largest absolute Gasteiger partial charge is 0.481 e. The maximum Gasteiger partial charge on any atom is 0.308 e. The zero-order valence-corrected chi connectivity index (χ0v) is 12.0. The molecule has 8 heteroatoms. The van der Waals surface area contributed by atoms with Crippen LogP contribution in [0, 0.1) is 6.92 Å². The number of carboxylic acid groups (broad SMARTS) is 1. The predicted molar refractivity (Wildman–Crippen MR) is 76.8 cm³/mol. The highest BCUT2D eigenvalue weighted by Gasteiger charge is 2.17. The Morgan fingerprint density at radius 2 is 2.29 bits per heavy atom. The van der Waals surface area contributed by atoms with Gasteiger partial charge in [0.05, 0.1) is 6.42 Å². The smallest absolute Gasteiger partial charge is 0.308 e. The van der Waals surface area contributed by atoms with Crippen molar-refractivity contribution in [1.29, 1.82) is 0 Å². The molecule has 0 saturated heterocycles. The summed E-state index contributed by atoms with van der Waals surface area (Å²) in [4.78, 5) is 24.3. The van der Waals surface area contributed by atoms with Gasteiger partial charge in [-0.05, 0) is 18.4 Å². The lowest BCUT2D eigenvalue weighted by molar-refractivity contribution is -0.136. The fourth-order valence-corrected chi connectivity index (χ4v) is 2.88. The molecule has 0 aliphatic carbocycles. The number of aryl methyl sites for hydroxylation is 1. The van der Waals surface area contributed by atoms with Gasteiger partial charge >= 0.3 is 5.97 Å². The molecule has 0 unspecified atom stereocenters. The van der Waals surface area contributed by atoms with E-state index in [0.29, 0.717) is 23.4 Å². The first-order valence-corrected chi connectivity index (χ1v) is 7.14. The first-order chi connectivity index (χ1) is 10.1. The standard InChI is InChI=1S/C13H12N4O3S/c1-7-9(6-11(18)19)12-15-14-10(13(20)17(12)16-7)5-8-3-2-4-21-8/h2-4,16H,5-6H2,1H3,(H,18,19). The van der Waals surface area contributed by atoms with Crippen molar-refractivity contribution in [2.45, 2.75) is 19.8 Å². The highest BCUT2D eigenvalue weighted by molar-refractivity contribution is 7.09. The van der Waals surface area contributed by atoms with Crippen molar-refractivity contribution in [3.05, 3.63) is 49.7 Å². The van der Waals surface area contributed by atoms with Crippen molar-refractivity contribution in [3.63, 3.8) is 0 Å². The van der Waals surface area contributed by atoms with E-state index in [-0.39, 0.29) is 17.6 Å². The van der Waals surface area contributed by atoms with Gasteiger partial charge in [0, 0.05) is 22.6 Å². The molecule has 0 aliphatic rings. The summed E-state index contributed by atoms with van der Waals surface area (Å²) in [5, 5.41) is 21.7. The molecule has 0 amide bonds. The number of rotatable bonds is 4. The molecule has 2 N–H and O–H groups in total. The van der Waals surface area contributed by atoms with E-state index < -0.39 is 5.97 Å². The molecule has 0 aromatic carbocycles. The van der Waals surface area contributed by atoms with Crippen LogP contribution in [0.25, 0.3) is 5.65 Å². The Bertz CT molecular complexity index is 864. The fraction of sp³-hybridized carbons (Fsp3) is 0.231. The molecule has 21 heavy (non-hydrogen) atoms. The van der Waals surface area contributed by atoms with Crippen LogP contribution in [0.4, 0.5) is 0 Å². The Balaban J connectivity index is 2.09. The van der Waals surface area contributed by atoms with Gasteiger partial charge in [0.1, 0.15) is 5.69 Å². The lowest BCUT2D eigenvalue weighted by Crippen LogP contribution is -2.22. The van der Waals surface area contributed by atoms with Crippen molar-refractivity contribution in [1.82, 2.24) is 19.8 Å². The summed E-state index contributed by atoms with van der Waals surface area (Å²) in [5.74, 6) is -0.975. The normalized spacial score (nSPS) is 11.1. The number of fused-ring (bicyclic) bond motifs is 1. The van der Waals surface area contributed by atoms with Gasteiger partial charge in [0.25, 0.3) is 5.56 Å². The molecule has 3 aromatic rings. The van der Waals surface area contributed by atoms with Crippen molar-refractivity contribution in [2.24, 2.45) is 0 Å². The molecule has 0 fully saturated rings. The number of carbonyl (C=O) groups is 1. The van der Waals surface area contributed by atoms with Crippen LogP contribution >= 0.6 is 11.3 Å². The van der Waals surface area contributed by atoms with Gasteiger partial charge in [0.15, 0.2) is 5.65 Å². The number of hydrogen-bond donors (Lipinski definition) is 2. The lowest BCUT2D eigenvalue weighted by Gasteiger charge is -1.98. The third-order valence-electron chi connectivity index (χ3n) is 3.18. The Hall–Kier alpha value is -2.48. The summed E-state index contributed by atoms with van der Waals surface area (Å²) in [5.41, 5.74) is 1.40. The molecule has 3 aromatic heterocycles. The summed E-state index contributed by atoms with van der Waals surface area (Å²) >= 11 is 1.54. The zero-order valence-electron chi connectivity index (χ0n) is 11.2. The summed E-state index contributed by atoms with van der Waals surface area (Å²) in [6, 6.07) is 3.84. The second kappa shape index (κ2) is 5.13. The molecule has 0 atom stereocenters. The SMILES string of the molecule is Cc1[nH]n2c(=O)c(Cc3cccs3)nnc2c1CC(=O)O. The van der Waals surface area contributed by atoms with E-state index in [2.05, 4.69) is 15.3 Å². The molecule has 3 rings (SSSR count). The van der Waals surface area contributed by atoms with E-state index in [9.17, 15) is 9.59 Å². The fourth-order valence-electron chi connectivity index (χ4n) is 2.17. The van der Waals surface area contributed by atoms with Crippen molar-refractivity contribution < 1.29 is 9.90 Å². The van der Waals surface area contributed by atoms with Crippen LogP contribution < -0.4 is 5.56 Å². The lowest BCUT2D eigenvalue weighted by atomic mass is 10.2. The van der Waals surface area contributed by atoms with Crippen LogP contribution in [0.1, 0.15) is 21.8 Å². The van der Waals surface area contributed by atoms with Crippen LogP contribution in [0.5, 0.6) is 0 Å². The topological polar surface area (TPSA) is 100 Å². The van der Waals surface area contributed by atoms with Crippen LogP contribution in [0.2, 0.25) is 0 Å². The molecule has 0 radical (unpaired) electrons. The van der Waals surface area contributed by atoms with Crippen LogP contribution in [0.3, 0.4) is 0 Å². The van der Waals surface area contributed by atoms with Gasteiger partial charge in [-0.1, -0.05) is 6.07 Å². The Labute approximate surface area is 122 Å². The van der Waals surface area contributed by atoms with Crippen LogP contribution in [0.15, 0.2) is 22.3 Å². The predicted octanol–water partition coefficient (Wildman–Crippen LogP) is 1.01. The van der Waals surface area contributed by atoms with E-state index in [4.69, 9.17) is 5.11 Å². The van der Waals surface area contributed by atoms with Gasteiger partial charge in [-0.25, -0.2) is 0 Å². The number of H-pyrrole nitrogens is 1. The number of thiophene rings is 1. The van der Waals surface area contributed by atoms with E-state index >= 15 is 0 Å². The molecule has 3 heterocycles. The molecule has 108 valence electrons. The molecule has 0 saturated carbocycles. The van der Waals surface area contributed by atoms with Crippen LogP contribution in [-0.4, -0.2) is 30.9 Å². The first kappa shape index (κ1) is 13.5. The van der Waals surface area contributed by atoms with E-state index in [1.54, 1.807) is 18.3 Å². The number of aromatic nitrogens is 4. The monoisotopic (exact) mass is 304 g/mol. The number of hydrogen-bond acceptors (Lipinski definition) is 5. The maximum absolute atomic E-state index is 12.4. The molecule has 0 bridgehead atoms. The van der Waals surface area contributed by atoms with E-state index in [1.807, 2.05) is 17.5 Å². The number of nitrogens with one attached hydrogen (secondary N) is 1. The molecular formula is C13H12N4O3S. The Morgan fingerprint density at radius 1 is 1.48 bits per heavy atom. The Kier molecular flexibility index (Phi) is 3.30. The van der Waals surface area contributed by atoms with Crippen molar-refractivity contribution >= 4 is 23.0 Å². The summed E-state index contributed by atoms with van der Waals surface area (Å²) in [7, 11) is 0. The second-order valence-corrected chi connectivity index (χ2v) is 5.69. The van der Waals surface area contributed by atoms with Crippen molar-refractivity contribution in [2.75, 3.05) is 0 Å². The van der Waals surface area contributed by atoms with Crippen LogP contribution in [-0.2, 0) is 17.6 Å². The van der Waals surface area contributed by atoms with Gasteiger partial charge in [-0.3, -0.25) is 14.7 Å². The van der Waals surface area contributed by atoms with Gasteiger partial charge in [-0.2, -0.15) is 4.52 Å². The number of aromatic amines is 1. The maximum atomic E-state index is 12.4. The third kappa shape index (κ3) is 2.45. The zero-order chi connectivity index (χ0) is 15.0. The third-order valence-corrected chi connectivity index (χ3v) is 4.06. The average Bonchev–Trinajstić information content (AvgIpc) is 3.03. The molecular weight excluding hydrogens is 292 g/mol. The summed E-state index contributed by atoms with van der Waals surface area (Å²) in [6.45, 7) is 1.71. The van der Waals surface area contributed by atoms with Gasteiger partial charge in [0.2, 0.25) is 0 Å². The average molecular weight is 304 g/mol. The van der Waals surface area contributed by atoms with E-state index in [0.717, 1.165) is 4.88 Å². The number of nitrogens with zero attached hydrogens (tertiary/aromatic N) is 3. The molecule has 0 aliphatic heterocycles. The van der Waals surface area contributed by atoms with E-state index in [1.165, 1.54) is 4.52 Å². The number of carboxylic acids is 1. The first-order valence-electron chi connectivity index (χ1n) is 6.26.